The van der Waals surface area contributed by atoms with Gasteiger partial charge in [0.1, 0.15) is 0 Å². The van der Waals surface area contributed by atoms with Crippen LogP contribution >= 0.6 is 0 Å². The molecule has 0 aromatic heterocycles. The highest BCUT2D eigenvalue weighted by atomic mass is 15.2. The third-order valence-corrected chi connectivity index (χ3v) is 4.96. The Balaban J connectivity index is 1.88. The normalized spacial score (nSPS) is 37.2. The van der Waals surface area contributed by atoms with Crippen molar-refractivity contribution in [3.8, 4) is 0 Å². The van der Waals surface area contributed by atoms with Gasteiger partial charge < -0.3 is 5.73 Å². The minimum Gasteiger partial charge on any atom is -0.326 e. The van der Waals surface area contributed by atoms with Crippen LogP contribution in [0.3, 0.4) is 0 Å². The van der Waals surface area contributed by atoms with Gasteiger partial charge in [-0.3, -0.25) is 4.90 Å². The van der Waals surface area contributed by atoms with Gasteiger partial charge in [-0.1, -0.05) is 26.7 Å². The molecule has 0 radical (unpaired) electrons. The monoisotopic (exact) mass is 238 g/mol. The van der Waals surface area contributed by atoms with Crippen molar-refractivity contribution in [1.29, 1.82) is 0 Å². The highest BCUT2D eigenvalue weighted by molar-refractivity contribution is 4.90. The first-order chi connectivity index (χ1) is 8.20. The average Bonchev–Trinajstić information content (AvgIpc) is 2.33. The zero-order valence-electron chi connectivity index (χ0n) is 11.7. The Morgan fingerprint density at radius 2 is 1.82 bits per heavy atom. The van der Waals surface area contributed by atoms with Gasteiger partial charge in [0.25, 0.3) is 0 Å². The maximum atomic E-state index is 6.36. The second-order valence-corrected chi connectivity index (χ2v) is 6.42. The Labute approximate surface area is 107 Å². The predicted octanol–water partition coefficient (Wildman–Crippen LogP) is 3.01. The van der Waals surface area contributed by atoms with E-state index in [-0.39, 0.29) is 0 Å². The Bertz CT molecular complexity index is 221. The summed E-state index contributed by atoms with van der Waals surface area (Å²) in [4.78, 5) is 2.70. The van der Waals surface area contributed by atoms with E-state index in [4.69, 9.17) is 5.73 Å². The number of nitrogens with two attached hydrogens (primary N) is 1. The van der Waals surface area contributed by atoms with Gasteiger partial charge in [0.05, 0.1) is 0 Å². The lowest BCUT2D eigenvalue weighted by atomic mass is 9.79. The van der Waals surface area contributed by atoms with Gasteiger partial charge in [-0.05, 0) is 57.0 Å². The fourth-order valence-corrected chi connectivity index (χ4v) is 3.71. The fourth-order valence-electron chi connectivity index (χ4n) is 3.71. The highest BCUT2D eigenvalue weighted by Crippen LogP contribution is 2.32. The standard InChI is InChI=1S/C15H30N2/c1-3-4-13-5-6-14(16)15(11-13)17-9-7-12(2)8-10-17/h12-15H,3-11,16H2,1-2H3. The van der Waals surface area contributed by atoms with E-state index in [0.717, 1.165) is 11.8 Å². The SMILES string of the molecule is CCCC1CCC(N)C(N2CCC(C)CC2)C1. The maximum absolute atomic E-state index is 6.36. The van der Waals surface area contributed by atoms with E-state index >= 15 is 0 Å². The Morgan fingerprint density at radius 3 is 2.47 bits per heavy atom. The maximum Gasteiger partial charge on any atom is 0.0249 e. The summed E-state index contributed by atoms with van der Waals surface area (Å²) in [5, 5.41) is 0. The topological polar surface area (TPSA) is 29.3 Å². The van der Waals surface area contributed by atoms with Crippen molar-refractivity contribution >= 4 is 0 Å². The van der Waals surface area contributed by atoms with Crippen LogP contribution in [0.15, 0.2) is 0 Å². The van der Waals surface area contributed by atoms with Gasteiger partial charge in [-0.2, -0.15) is 0 Å². The highest BCUT2D eigenvalue weighted by Gasteiger charge is 2.33. The molecule has 1 aliphatic carbocycles. The van der Waals surface area contributed by atoms with Gasteiger partial charge in [0.15, 0.2) is 0 Å². The molecular formula is C15H30N2. The molecule has 2 fully saturated rings. The van der Waals surface area contributed by atoms with Crippen molar-refractivity contribution < 1.29 is 0 Å². The minimum atomic E-state index is 0.441. The number of rotatable bonds is 3. The molecule has 3 unspecified atom stereocenters. The van der Waals surface area contributed by atoms with E-state index < -0.39 is 0 Å². The molecule has 1 heterocycles. The second kappa shape index (κ2) is 6.19. The molecule has 2 aliphatic rings. The molecule has 2 heteroatoms. The van der Waals surface area contributed by atoms with Crippen molar-refractivity contribution in [2.75, 3.05) is 13.1 Å². The molecular weight excluding hydrogens is 208 g/mol. The molecule has 1 saturated carbocycles. The Hall–Kier alpha value is -0.0800. The number of piperidine rings is 1. The van der Waals surface area contributed by atoms with E-state index in [1.807, 2.05) is 0 Å². The number of hydrogen-bond acceptors (Lipinski definition) is 2. The van der Waals surface area contributed by atoms with Crippen LogP contribution in [0.25, 0.3) is 0 Å². The number of hydrogen-bond donors (Lipinski definition) is 1. The number of nitrogens with zero attached hydrogens (tertiary/aromatic N) is 1. The molecule has 17 heavy (non-hydrogen) atoms. The van der Waals surface area contributed by atoms with Crippen LogP contribution in [0, 0.1) is 11.8 Å². The van der Waals surface area contributed by atoms with E-state index in [1.54, 1.807) is 0 Å². The van der Waals surface area contributed by atoms with Gasteiger partial charge >= 0.3 is 0 Å². The van der Waals surface area contributed by atoms with Crippen LogP contribution < -0.4 is 5.73 Å². The predicted molar refractivity (Wildman–Crippen MR) is 74.0 cm³/mol. The lowest BCUT2D eigenvalue weighted by molar-refractivity contribution is 0.0770. The lowest BCUT2D eigenvalue weighted by Gasteiger charge is -2.44. The average molecular weight is 238 g/mol. The smallest absolute Gasteiger partial charge is 0.0249 e. The zero-order valence-corrected chi connectivity index (χ0v) is 11.7. The summed E-state index contributed by atoms with van der Waals surface area (Å²) in [6.07, 6.45) is 9.49. The van der Waals surface area contributed by atoms with Crippen LogP contribution in [0.4, 0.5) is 0 Å². The molecule has 2 nitrogen and oxygen atoms in total. The summed E-state index contributed by atoms with van der Waals surface area (Å²) < 4.78 is 0. The summed E-state index contributed by atoms with van der Waals surface area (Å²) in [5.41, 5.74) is 6.36. The Kier molecular flexibility index (Phi) is 4.87. The molecule has 2 rings (SSSR count). The quantitative estimate of drug-likeness (QED) is 0.819. The van der Waals surface area contributed by atoms with Crippen LogP contribution in [0.5, 0.6) is 0 Å². The van der Waals surface area contributed by atoms with Gasteiger partial charge in [0.2, 0.25) is 0 Å². The molecule has 3 atom stereocenters. The van der Waals surface area contributed by atoms with Crippen molar-refractivity contribution in [2.45, 2.75) is 70.9 Å². The van der Waals surface area contributed by atoms with Gasteiger partial charge in [-0.25, -0.2) is 0 Å². The third kappa shape index (κ3) is 3.45. The van der Waals surface area contributed by atoms with Crippen LogP contribution in [0.2, 0.25) is 0 Å². The lowest BCUT2D eigenvalue weighted by Crippen LogP contribution is -2.53. The van der Waals surface area contributed by atoms with E-state index in [1.165, 1.54) is 58.0 Å². The summed E-state index contributed by atoms with van der Waals surface area (Å²) >= 11 is 0. The third-order valence-electron chi connectivity index (χ3n) is 4.96. The van der Waals surface area contributed by atoms with Crippen molar-refractivity contribution in [2.24, 2.45) is 17.6 Å². The number of likely N-dealkylation sites (tertiary alicyclic amines) is 1. The van der Waals surface area contributed by atoms with E-state index in [2.05, 4.69) is 18.7 Å². The van der Waals surface area contributed by atoms with E-state index in [9.17, 15) is 0 Å². The van der Waals surface area contributed by atoms with Crippen LogP contribution in [-0.2, 0) is 0 Å². The van der Waals surface area contributed by atoms with Crippen molar-refractivity contribution in [3.63, 3.8) is 0 Å². The largest absolute Gasteiger partial charge is 0.326 e. The van der Waals surface area contributed by atoms with Gasteiger partial charge in [0, 0.05) is 12.1 Å². The molecule has 0 aromatic rings. The van der Waals surface area contributed by atoms with Crippen molar-refractivity contribution in [1.82, 2.24) is 4.90 Å². The first kappa shape index (κ1) is 13.4. The zero-order chi connectivity index (χ0) is 12.3. The van der Waals surface area contributed by atoms with Crippen LogP contribution in [-0.4, -0.2) is 30.1 Å². The molecule has 0 amide bonds. The molecule has 2 N–H and O–H groups in total. The van der Waals surface area contributed by atoms with Crippen LogP contribution in [0.1, 0.15) is 58.8 Å². The first-order valence-electron chi connectivity index (χ1n) is 7.70. The molecule has 1 aliphatic heterocycles. The summed E-state index contributed by atoms with van der Waals surface area (Å²) in [7, 11) is 0. The summed E-state index contributed by atoms with van der Waals surface area (Å²) in [5.74, 6) is 1.88. The molecule has 0 bridgehead atoms. The molecule has 1 saturated heterocycles. The summed E-state index contributed by atoms with van der Waals surface area (Å²) in [6, 6.07) is 1.13. The Morgan fingerprint density at radius 1 is 1.12 bits per heavy atom. The van der Waals surface area contributed by atoms with Gasteiger partial charge in [-0.15, -0.1) is 0 Å². The summed E-state index contributed by atoms with van der Waals surface area (Å²) in [6.45, 7) is 7.28. The molecule has 0 aromatic carbocycles. The fraction of sp³-hybridized carbons (Fsp3) is 1.00. The second-order valence-electron chi connectivity index (χ2n) is 6.42. The first-order valence-corrected chi connectivity index (χ1v) is 7.70. The molecule has 100 valence electrons. The van der Waals surface area contributed by atoms with Crippen molar-refractivity contribution in [3.05, 3.63) is 0 Å². The molecule has 0 spiro atoms. The minimum absolute atomic E-state index is 0.441. The van der Waals surface area contributed by atoms with E-state index in [0.29, 0.717) is 12.1 Å².